The zero-order valence-electron chi connectivity index (χ0n) is 10.4. The standard InChI is InChI=1S/C14H17N3O/c1-18-13-6-7-14(17-10-13)16-9-12-5-3-2-4-11(12)8-15/h2-7,10H,8-9,15H2,1H3,(H,16,17). The molecule has 3 N–H and O–H groups in total. The van der Waals surface area contributed by atoms with Crippen LogP contribution >= 0.6 is 0 Å². The van der Waals surface area contributed by atoms with Crippen molar-refractivity contribution in [3.05, 3.63) is 53.7 Å². The first-order valence-electron chi connectivity index (χ1n) is 5.84. The van der Waals surface area contributed by atoms with Crippen molar-refractivity contribution in [2.45, 2.75) is 13.1 Å². The molecule has 4 nitrogen and oxygen atoms in total. The molecule has 0 spiro atoms. The zero-order chi connectivity index (χ0) is 12.8. The van der Waals surface area contributed by atoms with Crippen molar-refractivity contribution in [3.8, 4) is 5.75 Å². The number of nitrogens with one attached hydrogen (secondary N) is 1. The third kappa shape index (κ3) is 2.99. The van der Waals surface area contributed by atoms with Gasteiger partial charge in [0.2, 0.25) is 0 Å². The van der Waals surface area contributed by atoms with E-state index in [1.807, 2.05) is 30.3 Å². The van der Waals surface area contributed by atoms with Crippen molar-refractivity contribution in [3.63, 3.8) is 0 Å². The molecular weight excluding hydrogens is 226 g/mol. The third-order valence-corrected chi connectivity index (χ3v) is 2.77. The van der Waals surface area contributed by atoms with E-state index in [2.05, 4.69) is 16.4 Å². The van der Waals surface area contributed by atoms with Crippen LogP contribution in [-0.4, -0.2) is 12.1 Å². The fourth-order valence-corrected chi connectivity index (χ4v) is 1.72. The van der Waals surface area contributed by atoms with Gasteiger partial charge in [0, 0.05) is 13.1 Å². The number of hydrogen-bond acceptors (Lipinski definition) is 4. The molecule has 0 atom stereocenters. The first kappa shape index (κ1) is 12.4. The normalized spacial score (nSPS) is 10.1. The van der Waals surface area contributed by atoms with E-state index in [9.17, 15) is 0 Å². The zero-order valence-corrected chi connectivity index (χ0v) is 10.4. The lowest BCUT2D eigenvalue weighted by molar-refractivity contribution is 0.413. The highest BCUT2D eigenvalue weighted by Crippen LogP contribution is 2.13. The van der Waals surface area contributed by atoms with Crippen LogP contribution in [0, 0.1) is 0 Å². The summed E-state index contributed by atoms with van der Waals surface area (Å²) in [6.45, 7) is 1.26. The quantitative estimate of drug-likeness (QED) is 0.844. The second kappa shape index (κ2) is 6.02. The van der Waals surface area contributed by atoms with Crippen molar-refractivity contribution >= 4 is 5.82 Å². The molecule has 0 bridgehead atoms. The maximum Gasteiger partial charge on any atom is 0.137 e. The van der Waals surface area contributed by atoms with Crippen LogP contribution in [0.5, 0.6) is 5.75 Å². The van der Waals surface area contributed by atoms with E-state index in [0.717, 1.165) is 17.1 Å². The SMILES string of the molecule is COc1ccc(NCc2ccccc2CN)nc1. The van der Waals surface area contributed by atoms with Gasteiger partial charge >= 0.3 is 0 Å². The minimum Gasteiger partial charge on any atom is -0.495 e. The minimum atomic E-state index is 0.549. The van der Waals surface area contributed by atoms with Crippen LogP contribution in [0.25, 0.3) is 0 Å². The Kier molecular flexibility index (Phi) is 4.15. The van der Waals surface area contributed by atoms with Crippen molar-refractivity contribution in [2.24, 2.45) is 5.73 Å². The largest absolute Gasteiger partial charge is 0.495 e. The Hall–Kier alpha value is -2.07. The summed E-state index contributed by atoms with van der Waals surface area (Å²) in [5.41, 5.74) is 8.04. The van der Waals surface area contributed by atoms with Crippen LogP contribution in [0.1, 0.15) is 11.1 Å². The molecule has 0 aliphatic carbocycles. The molecule has 0 amide bonds. The van der Waals surface area contributed by atoms with E-state index in [1.165, 1.54) is 5.56 Å². The van der Waals surface area contributed by atoms with Gasteiger partial charge < -0.3 is 15.8 Å². The molecule has 0 aliphatic rings. The van der Waals surface area contributed by atoms with E-state index in [0.29, 0.717) is 13.1 Å². The summed E-state index contributed by atoms with van der Waals surface area (Å²) in [6.07, 6.45) is 1.69. The molecule has 1 aromatic heterocycles. The summed E-state index contributed by atoms with van der Waals surface area (Å²) in [7, 11) is 1.63. The number of ether oxygens (including phenoxy) is 1. The van der Waals surface area contributed by atoms with Gasteiger partial charge in [-0.2, -0.15) is 0 Å². The fraction of sp³-hybridized carbons (Fsp3) is 0.214. The maximum absolute atomic E-state index is 5.70. The number of rotatable bonds is 5. The summed E-state index contributed by atoms with van der Waals surface area (Å²) in [5.74, 6) is 1.57. The van der Waals surface area contributed by atoms with E-state index in [1.54, 1.807) is 13.3 Å². The van der Waals surface area contributed by atoms with Gasteiger partial charge in [-0.3, -0.25) is 0 Å². The van der Waals surface area contributed by atoms with Crippen LogP contribution in [0.3, 0.4) is 0 Å². The van der Waals surface area contributed by atoms with Gasteiger partial charge in [-0.25, -0.2) is 4.98 Å². The number of benzene rings is 1. The lowest BCUT2D eigenvalue weighted by atomic mass is 10.1. The van der Waals surface area contributed by atoms with E-state index < -0.39 is 0 Å². The molecule has 2 aromatic rings. The van der Waals surface area contributed by atoms with Crippen molar-refractivity contribution in [2.75, 3.05) is 12.4 Å². The third-order valence-electron chi connectivity index (χ3n) is 2.77. The summed E-state index contributed by atoms with van der Waals surface area (Å²) in [5, 5.41) is 3.26. The van der Waals surface area contributed by atoms with Crippen LogP contribution < -0.4 is 15.8 Å². The summed E-state index contributed by atoms with van der Waals surface area (Å²) < 4.78 is 5.06. The van der Waals surface area contributed by atoms with Gasteiger partial charge in [0.25, 0.3) is 0 Å². The molecule has 0 saturated heterocycles. The van der Waals surface area contributed by atoms with Crippen LogP contribution in [0.4, 0.5) is 5.82 Å². The van der Waals surface area contributed by atoms with Gasteiger partial charge in [0.1, 0.15) is 11.6 Å². The minimum absolute atomic E-state index is 0.549. The number of pyridine rings is 1. The van der Waals surface area contributed by atoms with Gasteiger partial charge in [-0.1, -0.05) is 24.3 Å². The second-order valence-electron chi connectivity index (χ2n) is 3.91. The summed E-state index contributed by atoms with van der Waals surface area (Å²) in [4.78, 5) is 4.25. The number of anilines is 1. The molecular formula is C14H17N3O. The summed E-state index contributed by atoms with van der Waals surface area (Å²) >= 11 is 0. The van der Waals surface area contributed by atoms with Crippen molar-refractivity contribution < 1.29 is 4.74 Å². The molecule has 18 heavy (non-hydrogen) atoms. The van der Waals surface area contributed by atoms with Gasteiger partial charge in [0.15, 0.2) is 0 Å². The first-order valence-corrected chi connectivity index (χ1v) is 5.84. The molecule has 0 radical (unpaired) electrons. The van der Waals surface area contributed by atoms with Gasteiger partial charge in [-0.05, 0) is 23.3 Å². The molecule has 0 fully saturated rings. The monoisotopic (exact) mass is 243 g/mol. The molecule has 2 rings (SSSR count). The average Bonchev–Trinajstić information content (AvgIpc) is 2.46. The van der Waals surface area contributed by atoms with Crippen LogP contribution in [-0.2, 0) is 13.1 Å². The Morgan fingerprint density at radius 3 is 2.56 bits per heavy atom. The molecule has 4 heteroatoms. The lowest BCUT2D eigenvalue weighted by Gasteiger charge is -2.09. The lowest BCUT2D eigenvalue weighted by Crippen LogP contribution is -2.06. The smallest absolute Gasteiger partial charge is 0.137 e. The Balaban J connectivity index is 2.02. The topological polar surface area (TPSA) is 60.2 Å². The van der Waals surface area contributed by atoms with E-state index in [-0.39, 0.29) is 0 Å². The van der Waals surface area contributed by atoms with Gasteiger partial charge in [0.05, 0.1) is 13.3 Å². The summed E-state index contributed by atoms with van der Waals surface area (Å²) in [6, 6.07) is 11.9. The van der Waals surface area contributed by atoms with E-state index >= 15 is 0 Å². The first-order chi connectivity index (χ1) is 8.83. The number of nitrogens with two attached hydrogens (primary N) is 1. The van der Waals surface area contributed by atoms with Crippen LogP contribution in [0.15, 0.2) is 42.6 Å². The number of aromatic nitrogens is 1. The van der Waals surface area contributed by atoms with Crippen LogP contribution in [0.2, 0.25) is 0 Å². The van der Waals surface area contributed by atoms with Crippen molar-refractivity contribution in [1.82, 2.24) is 4.98 Å². The molecule has 94 valence electrons. The Bertz CT molecular complexity index is 497. The highest BCUT2D eigenvalue weighted by Gasteiger charge is 2.00. The fourth-order valence-electron chi connectivity index (χ4n) is 1.72. The predicted octanol–water partition coefficient (Wildman–Crippen LogP) is 2.16. The Morgan fingerprint density at radius 2 is 1.94 bits per heavy atom. The molecule has 1 heterocycles. The Labute approximate surface area is 107 Å². The molecule has 0 saturated carbocycles. The number of methoxy groups -OCH3 is 1. The number of nitrogens with zero attached hydrogens (tertiary/aromatic N) is 1. The highest BCUT2D eigenvalue weighted by molar-refractivity contribution is 5.39. The highest BCUT2D eigenvalue weighted by atomic mass is 16.5. The van der Waals surface area contributed by atoms with Crippen molar-refractivity contribution in [1.29, 1.82) is 0 Å². The number of hydrogen-bond donors (Lipinski definition) is 2. The average molecular weight is 243 g/mol. The molecule has 1 aromatic carbocycles. The molecule has 0 unspecified atom stereocenters. The predicted molar refractivity (Wildman–Crippen MR) is 72.4 cm³/mol. The van der Waals surface area contributed by atoms with Gasteiger partial charge in [-0.15, -0.1) is 0 Å². The molecule has 0 aliphatic heterocycles. The maximum atomic E-state index is 5.70. The second-order valence-corrected chi connectivity index (χ2v) is 3.91. The van der Waals surface area contributed by atoms with E-state index in [4.69, 9.17) is 10.5 Å². The Morgan fingerprint density at radius 1 is 1.17 bits per heavy atom.